The molecule has 1 atom stereocenters. The summed E-state index contributed by atoms with van der Waals surface area (Å²) in [7, 11) is -4.22. The maximum Gasteiger partial charge on any atom is 0.264 e. The van der Waals surface area contributed by atoms with Crippen molar-refractivity contribution in [1.82, 2.24) is 10.2 Å². The Balaban J connectivity index is 1.58. The molecule has 2 amide bonds. The molecule has 1 N–H and O–H groups in total. The van der Waals surface area contributed by atoms with Crippen LogP contribution < -0.4 is 9.62 Å². The minimum absolute atomic E-state index is 0.0133. The molecule has 1 saturated carbocycles. The third-order valence-electron chi connectivity index (χ3n) is 8.34. The predicted molar refractivity (Wildman–Crippen MR) is 188 cm³/mol. The van der Waals surface area contributed by atoms with Gasteiger partial charge in [0.05, 0.1) is 10.6 Å². The number of hydrogen-bond donors (Lipinski definition) is 1. The average molecular weight is 713 g/mol. The molecule has 1 aliphatic rings. The number of carbonyl (C=O) groups excluding carboxylic acids is 2. The molecule has 7 nitrogen and oxygen atoms in total. The number of carbonyl (C=O) groups is 2. The highest BCUT2D eigenvalue weighted by molar-refractivity contribution is 7.92. The minimum atomic E-state index is -4.22. The Hall–Kier alpha value is -3.56. The van der Waals surface area contributed by atoms with Gasteiger partial charge in [-0.25, -0.2) is 8.42 Å². The molecule has 11 heteroatoms. The molecule has 0 radical (unpaired) electrons. The van der Waals surface area contributed by atoms with Crippen LogP contribution in [0, 0.1) is 0 Å². The number of halogens is 3. The molecule has 1 aliphatic carbocycles. The second-order valence-electron chi connectivity index (χ2n) is 11.6. The second kappa shape index (κ2) is 16.0. The van der Waals surface area contributed by atoms with Crippen molar-refractivity contribution >= 4 is 62.3 Å². The van der Waals surface area contributed by atoms with Gasteiger partial charge in [-0.05, 0) is 66.9 Å². The lowest BCUT2D eigenvalue weighted by Crippen LogP contribution is -2.55. The van der Waals surface area contributed by atoms with Crippen LogP contribution in [0.5, 0.6) is 0 Å². The molecule has 0 aromatic heterocycles. The monoisotopic (exact) mass is 711 g/mol. The molecule has 0 spiro atoms. The normalized spacial score (nSPS) is 14.3. The van der Waals surface area contributed by atoms with Crippen molar-refractivity contribution in [3.8, 4) is 0 Å². The molecule has 5 rings (SSSR count). The van der Waals surface area contributed by atoms with Crippen molar-refractivity contribution in [2.24, 2.45) is 0 Å². The Morgan fingerprint density at radius 2 is 1.36 bits per heavy atom. The Labute approximate surface area is 291 Å². The number of nitrogens with one attached hydrogen (secondary N) is 1. The topological polar surface area (TPSA) is 86.8 Å². The van der Waals surface area contributed by atoms with E-state index in [4.69, 9.17) is 34.8 Å². The van der Waals surface area contributed by atoms with Gasteiger partial charge in [-0.1, -0.05) is 109 Å². The zero-order valence-corrected chi connectivity index (χ0v) is 28.8. The second-order valence-corrected chi connectivity index (χ2v) is 14.7. The first-order chi connectivity index (χ1) is 22.6. The van der Waals surface area contributed by atoms with Crippen molar-refractivity contribution in [1.29, 1.82) is 0 Å². The van der Waals surface area contributed by atoms with E-state index < -0.39 is 28.5 Å². The highest BCUT2D eigenvalue weighted by Crippen LogP contribution is 2.30. The quantitative estimate of drug-likeness (QED) is 0.162. The number of anilines is 1. The molecule has 0 aliphatic heterocycles. The summed E-state index contributed by atoms with van der Waals surface area (Å²) in [6.07, 6.45) is 5.05. The van der Waals surface area contributed by atoms with Crippen molar-refractivity contribution < 1.29 is 18.0 Å². The molecule has 1 fully saturated rings. The van der Waals surface area contributed by atoms with E-state index in [1.54, 1.807) is 60.7 Å². The number of benzene rings is 4. The fourth-order valence-corrected chi connectivity index (χ4v) is 7.89. The van der Waals surface area contributed by atoms with Crippen molar-refractivity contribution in [2.75, 3.05) is 10.8 Å². The van der Waals surface area contributed by atoms with Crippen LogP contribution in [0.15, 0.2) is 108 Å². The van der Waals surface area contributed by atoms with Crippen molar-refractivity contribution in [3.63, 3.8) is 0 Å². The van der Waals surface area contributed by atoms with Crippen LogP contribution in [0.4, 0.5) is 5.69 Å². The Kier molecular flexibility index (Phi) is 11.9. The Bertz CT molecular complexity index is 1750. The molecule has 246 valence electrons. The fraction of sp³-hybridized carbons (Fsp3) is 0.278. The largest absolute Gasteiger partial charge is 0.352 e. The van der Waals surface area contributed by atoms with E-state index in [0.29, 0.717) is 20.6 Å². The standard InChI is InChI=1S/C36H36Cl3N3O4S/c37-27-19-21-29(22-20-27)42(47(45,46)30-15-8-3-9-16-30)25-35(43)41(24-31-32(38)17-10-18-33(31)39)34(23-26-11-4-1-5-12-26)36(44)40-28-13-6-2-7-14-28/h1,3-5,8-12,15-22,28,34H,2,6-7,13-14,23-25H2,(H,40,44)/t34-/m1/s1. The summed E-state index contributed by atoms with van der Waals surface area (Å²) in [6, 6.07) is 27.5. The maximum atomic E-state index is 14.7. The highest BCUT2D eigenvalue weighted by Gasteiger charge is 2.36. The van der Waals surface area contributed by atoms with E-state index in [1.165, 1.54) is 17.0 Å². The molecule has 0 unspecified atom stereocenters. The first kappa shape index (κ1) is 34.8. The van der Waals surface area contributed by atoms with Gasteiger partial charge in [0.15, 0.2) is 0 Å². The van der Waals surface area contributed by atoms with Gasteiger partial charge in [0.1, 0.15) is 12.6 Å². The molecule has 4 aromatic rings. The summed E-state index contributed by atoms with van der Waals surface area (Å²) < 4.78 is 29.2. The van der Waals surface area contributed by atoms with Crippen molar-refractivity contribution in [2.45, 2.75) is 62.0 Å². The smallest absolute Gasteiger partial charge is 0.264 e. The fourth-order valence-electron chi connectivity index (χ4n) is 5.81. The SMILES string of the molecule is O=C(NC1CCCCC1)[C@@H](Cc1ccccc1)N(Cc1c(Cl)cccc1Cl)C(=O)CN(c1ccc(Cl)cc1)S(=O)(=O)c1ccccc1. The number of rotatable bonds is 12. The molecular weight excluding hydrogens is 677 g/mol. The van der Waals surface area contributed by atoms with Crippen LogP contribution in [-0.2, 0) is 32.6 Å². The van der Waals surface area contributed by atoms with Crippen molar-refractivity contribution in [3.05, 3.63) is 129 Å². The van der Waals surface area contributed by atoms with Gasteiger partial charge in [0, 0.05) is 39.6 Å². The minimum Gasteiger partial charge on any atom is -0.352 e. The zero-order chi connectivity index (χ0) is 33.4. The maximum absolute atomic E-state index is 14.7. The first-order valence-corrected chi connectivity index (χ1v) is 18.1. The molecule has 4 aromatic carbocycles. The summed E-state index contributed by atoms with van der Waals surface area (Å²) in [4.78, 5) is 30.3. The highest BCUT2D eigenvalue weighted by atomic mass is 35.5. The van der Waals surface area contributed by atoms with Gasteiger partial charge in [-0.3, -0.25) is 13.9 Å². The van der Waals surface area contributed by atoms with E-state index in [9.17, 15) is 18.0 Å². The predicted octanol–water partition coefficient (Wildman–Crippen LogP) is 7.93. The molecule has 0 saturated heterocycles. The summed E-state index contributed by atoms with van der Waals surface area (Å²) >= 11 is 19.4. The van der Waals surface area contributed by atoms with Gasteiger partial charge >= 0.3 is 0 Å². The van der Waals surface area contributed by atoms with Crippen LogP contribution in [0.2, 0.25) is 15.1 Å². The van der Waals surface area contributed by atoms with Gasteiger partial charge in [-0.15, -0.1) is 0 Å². The summed E-state index contributed by atoms with van der Waals surface area (Å²) in [5, 5.41) is 4.26. The third-order valence-corrected chi connectivity index (χ3v) is 11.1. The van der Waals surface area contributed by atoms with E-state index in [1.807, 2.05) is 30.3 Å². The lowest BCUT2D eigenvalue weighted by atomic mass is 9.94. The molecule has 0 heterocycles. The molecule has 47 heavy (non-hydrogen) atoms. The average Bonchev–Trinajstić information content (AvgIpc) is 3.08. The van der Waals surface area contributed by atoms with Gasteiger partial charge in [-0.2, -0.15) is 0 Å². The lowest BCUT2D eigenvalue weighted by molar-refractivity contribution is -0.140. The number of nitrogens with zero attached hydrogens (tertiary/aromatic N) is 2. The third kappa shape index (κ3) is 8.87. The molecule has 0 bridgehead atoms. The van der Waals surface area contributed by atoms with Gasteiger partial charge < -0.3 is 10.2 Å². The van der Waals surface area contributed by atoms with Crippen LogP contribution in [-0.4, -0.2) is 43.8 Å². The van der Waals surface area contributed by atoms with E-state index in [-0.39, 0.29) is 35.5 Å². The van der Waals surface area contributed by atoms with Crippen LogP contribution >= 0.6 is 34.8 Å². The Morgan fingerprint density at radius 1 is 0.766 bits per heavy atom. The summed E-state index contributed by atoms with van der Waals surface area (Å²) in [5.74, 6) is -0.920. The van der Waals surface area contributed by atoms with Gasteiger partial charge in [0.2, 0.25) is 11.8 Å². The Morgan fingerprint density at radius 3 is 1.98 bits per heavy atom. The number of amides is 2. The lowest BCUT2D eigenvalue weighted by Gasteiger charge is -2.35. The first-order valence-electron chi connectivity index (χ1n) is 15.5. The zero-order valence-electron chi connectivity index (χ0n) is 25.7. The van der Waals surface area contributed by atoms with Crippen LogP contribution in [0.1, 0.15) is 43.2 Å². The molecular formula is C36H36Cl3N3O4S. The summed E-state index contributed by atoms with van der Waals surface area (Å²) in [5.41, 5.74) is 1.54. The van der Waals surface area contributed by atoms with Crippen LogP contribution in [0.25, 0.3) is 0 Å². The summed E-state index contributed by atoms with van der Waals surface area (Å²) in [6.45, 7) is -0.713. The van der Waals surface area contributed by atoms with E-state index >= 15 is 0 Å². The van der Waals surface area contributed by atoms with Gasteiger partial charge in [0.25, 0.3) is 10.0 Å². The number of sulfonamides is 1. The van der Waals surface area contributed by atoms with E-state index in [2.05, 4.69) is 5.32 Å². The van der Waals surface area contributed by atoms with Crippen LogP contribution in [0.3, 0.4) is 0 Å². The van der Waals surface area contributed by atoms with E-state index in [0.717, 1.165) is 42.0 Å². The number of hydrogen-bond acceptors (Lipinski definition) is 4.